The Morgan fingerprint density at radius 3 is 2.32 bits per heavy atom. The van der Waals surface area contributed by atoms with Gasteiger partial charge in [-0.3, -0.25) is 0 Å². The average Bonchev–Trinajstić information content (AvgIpc) is 2.44. The summed E-state index contributed by atoms with van der Waals surface area (Å²) in [7, 11) is 0. The molecule has 0 spiro atoms. The monoisotopic (exact) mass is 269 g/mol. The van der Waals surface area contributed by atoms with Crippen molar-refractivity contribution in [1.82, 2.24) is 5.32 Å². The molecule has 1 atom stereocenters. The molecule has 0 aromatic heterocycles. The Hall–Kier alpha value is -0.0800. The van der Waals surface area contributed by atoms with Crippen molar-refractivity contribution in [1.29, 1.82) is 0 Å². The summed E-state index contributed by atoms with van der Waals surface area (Å²) in [6.07, 6.45) is 10.8. The Morgan fingerprint density at radius 1 is 1.00 bits per heavy atom. The zero-order valence-corrected chi connectivity index (χ0v) is 13.4. The molecule has 2 nitrogen and oxygen atoms in total. The first-order valence-corrected chi connectivity index (χ1v) is 8.62. The van der Waals surface area contributed by atoms with Gasteiger partial charge in [-0.05, 0) is 44.1 Å². The summed E-state index contributed by atoms with van der Waals surface area (Å²) in [6, 6.07) is 0.592. The fraction of sp³-hybridized carbons (Fsp3) is 1.00. The minimum absolute atomic E-state index is 0.592. The van der Waals surface area contributed by atoms with Gasteiger partial charge in [0.05, 0.1) is 6.61 Å². The van der Waals surface area contributed by atoms with E-state index in [-0.39, 0.29) is 0 Å². The van der Waals surface area contributed by atoms with Crippen molar-refractivity contribution >= 4 is 0 Å². The Balaban J connectivity index is 2.33. The van der Waals surface area contributed by atoms with Crippen LogP contribution in [-0.4, -0.2) is 25.8 Å². The Kier molecular flexibility index (Phi) is 9.54. The minimum atomic E-state index is 0.592. The summed E-state index contributed by atoms with van der Waals surface area (Å²) in [4.78, 5) is 0. The van der Waals surface area contributed by atoms with Gasteiger partial charge in [-0.15, -0.1) is 0 Å². The van der Waals surface area contributed by atoms with Gasteiger partial charge >= 0.3 is 0 Å². The zero-order chi connectivity index (χ0) is 13.9. The molecular weight excluding hydrogens is 234 g/mol. The first-order valence-electron chi connectivity index (χ1n) is 8.62. The van der Waals surface area contributed by atoms with Crippen molar-refractivity contribution in [3.63, 3.8) is 0 Å². The summed E-state index contributed by atoms with van der Waals surface area (Å²) in [6.45, 7) is 9.71. The highest BCUT2D eigenvalue weighted by atomic mass is 16.5. The normalized spacial score (nSPS) is 25.4. The average molecular weight is 269 g/mol. The number of hydrogen-bond donors (Lipinski definition) is 1. The molecule has 1 saturated carbocycles. The molecule has 1 rings (SSSR count). The number of nitrogens with one attached hydrogen (secondary N) is 1. The van der Waals surface area contributed by atoms with Crippen LogP contribution in [0.4, 0.5) is 0 Å². The van der Waals surface area contributed by atoms with Crippen molar-refractivity contribution in [2.75, 3.05) is 19.8 Å². The lowest BCUT2D eigenvalue weighted by molar-refractivity contribution is 0.0793. The molecule has 19 heavy (non-hydrogen) atoms. The Labute approximate surface area is 120 Å². The van der Waals surface area contributed by atoms with E-state index in [1.807, 2.05) is 0 Å². The van der Waals surface area contributed by atoms with E-state index in [1.54, 1.807) is 0 Å². The topological polar surface area (TPSA) is 21.3 Å². The van der Waals surface area contributed by atoms with Crippen LogP contribution in [0.2, 0.25) is 0 Å². The molecule has 1 unspecified atom stereocenters. The second-order valence-corrected chi connectivity index (χ2v) is 6.21. The maximum Gasteiger partial charge on any atom is 0.0622 e. The molecule has 1 fully saturated rings. The quantitative estimate of drug-likeness (QED) is 0.594. The molecule has 0 bridgehead atoms. The summed E-state index contributed by atoms with van der Waals surface area (Å²) < 4.78 is 5.81. The highest BCUT2D eigenvalue weighted by Crippen LogP contribution is 2.33. The summed E-state index contributed by atoms with van der Waals surface area (Å²) in [5, 5.41) is 3.72. The number of hydrogen-bond acceptors (Lipinski definition) is 2. The van der Waals surface area contributed by atoms with Crippen LogP contribution in [0.1, 0.15) is 72.1 Å². The van der Waals surface area contributed by atoms with Crippen LogP contribution < -0.4 is 5.32 Å². The molecule has 1 N–H and O–H groups in total. The SMILES string of the molecule is CCCNC(COCCC)C1CCC(CCC)CC1. The molecule has 0 radical (unpaired) electrons. The third-order valence-electron chi connectivity index (χ3n) is 4.46. The highest BCUT2D eigenvalue weighted by Gasteiger charge is 2.26. The van der Waals surface area contributed by atoms with Gasteiger partial charge in [-0.1, -0.05) is 46.5 Å². The van der Waals surface area contributed by atoms with Gasteiger partial charge in [0.15, 0.2) is 0 Å². The van der Waals surface area contributed by atoms with Gasteiger partial charge in [0.25, 0.3) is 0 Å². The van der Waals surface area contributed by atoms with Crippen molar-refractivity contribution in [2.24, 2.45) is 11.8 Å². The van der Waals surface area contributed by atoms with E-state index in [0.717, 1.165) is 38.0 Å². The maximum absolute atomic E-state index is 5.81. The van der Waals surface area contributed by atoms with Crippen molar-refractivity contribution in [3.8, 4) is 0 Å². The van der Waals surface area contributed by atoms with Crippen LogP contribution in [0.15, 0.2) is 0 Å². The van der Waals surface area contributed by atoms with Crippen LogP contribution >= 0.6 is 0 Å². The van der Waals surface area contributed by atoms with Crippen molar-refractivity contribution < 1.29 is 4.74 Å². The van der Waals surface area contributed by atoms with Crippen LogP contribution in [0.25, 0.3) is 0 Å². The van der Waals surface area contributed by atoms with Gasteiger partial charge in [-0.2, -0.15) is 0 Å². The predicted molar refractivity (Wildman–Crippen MR) is 83.5 cm³/mol. The van der Waals surface area contributed by atoms with Crippen molar-refractivity contribution in [3.05, 3.63) is 0 Å². The second-order valence-electron chi connectivity index (χ2n) is 6.21. The molecule has 1 aliphatic carbocycles. The van der Waals surface area contributed by atoms with Gasteiger partial charge in [0, 0.05) is 12.6 Å². The van der Waals surface area contributed by atoms with E-state index in [9.17, 15) is 0 Å². The molecule has 1 aliphatic rings. The maximum atomic E-state index is 5.81. The molecule has 0 heterocycles. The molecule has 0 amide bonds. The van der Waals surface area contributed by atoms with Crippen LogP contribution in [0.5, 0.6) is 0 Å². The first kappa shape index (κ1) is 17.0. The fourth-order valence-electron chi connectivity index (χ4n) is 3.33. The third-order valence-corrected chi connectivity index (χ3v) is 4.46. The van der Waals surface area contributed by atoms with E-state index < -0.39 is 0 Å². The lowest BCUT2D eigenvalue weighted by Crippen LogP contribution is -2.42. The number of ether oxygens (including phenoxy) is 1. The van der Waals surface area contributed by atoms with E-state index in [2.05, 4.69) is 26.1 Å². The molecule has 0 aromatic rings. The smallest absolute Gasteiger partial charge is 0.0622 e. The standard InChI is InChI=1S/C17H35NO/c1-4-7-15-8-10-16(11-9-15)17(18-12-5-2)14-19-13-6-3/h15-18H,4-14H2,1-3H3. The summed E-state index contributed by atoms with van der Waals surface area (Å²) in [5.74, 6) is 1.85. The summed E-state index contributed by atoms with van der Waals surface area (Å²) >= 11 is 0. The lowest BCUT2D eigenvalue weighted by atomic mass is 9.77. The molecule has 2 heteroatoms. The number of rotatable bonds is 10. The Bertz CT molecular complexity index is 199. The van der Waals surface area contributed by atoms with Crippen LogP contribution in [0, 0.1) is 11.8 Å². The first-order chi connectivity index (χ1) is 9.31. The van der Waals surface area contributed by atoms with Crippen molar-refractivity contribution in [2.45, 2.75) is 78.2 Å². The third kappa shape index (κ3) is 6.76. The molecular formula is C17H35NO. The van der Waals surface area contributed by atoms with Gasteiger partial charge < -0.3 is 10.1 Å². The van der Waals surface area contributed by atoms with Crippen LogP contribution in [0.3, 0.4) is 0 Å². The van der Waals surface area contributed by atoms with E-state index in [1.165, 1.54) is 44.9 Å². The highest BCUT2D eigenvalue weighted by molar-refractivity contribution is 4.82. The second kappa shape index (κ2) is 10.7. The lowest BCUT2D eigenvalue weighted by Gasteiger charge is -2.34. The summed E-state index contributed by atoms with van der Waals surface area (Å²) in [5.41, 5.74) is 0. The zero-order valence-electron chi connectivity index (χ0n) is 13.4. The fourth-order valence-corrected chi connectivity index (χ4v) is 3.33. The minimum Gasteiger partial charge on any atom is -0.380 e. The van der Waals surface area contributed by atoms with Gasteiger partial charge in [0.1, 0.15) is 0 Å². The van der Waals surface area contributed by atoms with Gasteiger partial charge in [0.2, 0.25) is 0 Å². The van der Waals surface area contributed by atoms with E-state index in [4.69, 9.17) is 4.74 Å². The predicted octanol–water partition coefficient (Wildman–Crippen LogP) is 4.39. The molecule has 0 aliphatic heterocycles. The van der Waals surface area contributed by atoms with E-state index in [0.29, 0.717) is 6.04 Å². The van der Waals surface area contributed by atoms with Gasteiger partial charge in [-0.25, -0.2) is 0 Å². The largest absolute Gasteiger partial charge is 0.380 e. The molecule has 0 saturated heterocycles. The van der Waals surface area contributed by atoms with E-state index >= 15 is 0 Å². The molecule has 0 aromatic carbocycles. The van der Waals surface area contributed by atoms with Crippen LogP contribution in [-0.2, 0) is 4.74 Å². The molecule has 114 valence electrons. The Morgan fingerprint density at radius 2 is 1.74 bits per heavy atom.